The highest BCUT2D eigenvalue weighted by Gasteiger charge is 2.17. The topological polar surface area (TPSA) is 9.23 Å². The number of halogens is 2. The van der Waals surface area contributed by atoms with E-state index in [9.17, 15) is 8.78 Å². The summed E-state index contributed by atoms with van der Waals surface area (Å²) < 4.78 is 33.7. The predicted octanol–water partition coefficient (Wildman–Crippen LogP) is 8.13. The van der Waals surface area contributed by atoms with Crippen LogP contribution in [0, 0.1) is 23.5 Å². The maximum atomic E-state index is 14.4. The standard InChI is InChI=1S/C27H34F2O/c1-3-5-6-7-20-8-10-21(11-9-20)12-13-22-14-16-23(17-15-22)24-18-19-25(30-4-2)27(29)26(24)28/h8,10,14-21H,3-7,9,11-13H2,1-2H3. The number of unbranched alkanes of at least 4 members (excludes halogenated alkanes) is 2. The molecule has 30 heavy (non-hydrogen) atoms. The minimum atomic E-state index is -0.921. The molecule has 2 aromatic rings. The number of rotatable bonds is 10. The average molecular weight is 413 g/mol. The Morgan fingerprint density at radius 3 is 2.17 bits per heavy atom. The molecule has 0 aromatic heterocycles. The fraction of sp³-hybridized carbons (Fsp3) is 0.481. The minimum Gasteiger partial charge on any atom is -0.491 e. The summed E-state index contributed by atoms with van der Waals surface area (Å²) in [5.41, 5.74) is 2.20. The SMILES string of the molecule is CCCCCC1C=CC(CCc2ccc(-c3ccc(OCC)c(F)c3F)cc2)CC1. The second-order valence-corrected chi connectivity index (χ2v) is 8.39. The fourth-order valence-corrected chi connectivity index (χ4v) is 4.30. The fourth-order valence-electron chi connectivity index (χ4n) is 4.30. The molecule has 162 valence electrons. The van der Waals surface area contributed by atoms with E-state index in [2.05, 4.69) is 19.1 Å². The van der Waals surface area contributed by atoms with Crippen molar-refractivity contribution in [2.75, 3.05) is 6.61 Å². The van der Waals surface area contributed by atoms with Crippen LogP contribution in [0.25, 0.3) is 11.1 Å². The molecule has 2 aromatic carbocycles. The zero-order valence-electron chi connectivity index (χ0n) is 18.3. The smallest absolute Gasteiger partial charge is 0.201 e. The lowest BCUT2D eigenvalue weighted by molar-refractivity contribution is 0.314. The van der Waals surface area contributed by atoms with Crippen molar-refractivity contribution in [3.05, 3.63) is 65.7 Å². The lowest BCUT2D eigenvalue weighted by Gasteiger charge is -2.23. The van der Waals surface area contributed by atoms with Crippen LogP contribution in [-0.4, -0.2) is 6.61 Å². The van der Waals surface area contributed by atoms with Crippen LogP contribution in [0.4, 0.5) is 8.78 Å². The van der Waals surface area contributed by atoms with Crippen molar-refractivity contribution in [3.8, 4) is 16.9 Å². The summed E-state index contributed by atoms with van der Waals surface area (Å²) in [5.74, 6) is -0.380. The van der Waals surface area contributed by atoms with Crippen LogP contribution in [0.2, 0.25) is 0 Å². The number of hydrogen-bond acceptors (Lipinski definition) is 1. The lowest BCUT2D eigenvalue weighted by Crippen LogP contribution is -2.09. The van der Waals surface area contributed by atoms with Crippen molar-refractivity contribution < 1.29 is 13.5 Å². The maximum absolute atomic E-state index is 14.4. The Morgan fingerprint density at radius 1 is 0.833 bits per heavy atom. The van der Waals surface area contributed by atoms with Crippen LogP contribution in [0.5, 0.6) is 5.75 Å². The molecule has 3 rings (SSSR count). The second kappa shape index (κ2) is 11.3. The van der Waals surface area contributed by atoms with Crippen LogP contribution in [0.3, 0.4) is 0 Å². The molecule has 0 fully saturated rings. The molecular weight excluding hydrogens is 378 g/mol. The van der Waals surface area contributed by atoms with Crippen LogP contribution < -0.4 is 4.74 Å². The van der Waals surface area contributed by atoms with Gasteiger partial charge in [-0.05, 0) is 74.1 Å². The summed E-state index contributed by atoms with van der Waals surface area (Å²) in [4.78, 5) is 0. The van der Waals surface area contributed by atoms with Crippen molar-refractivity contribution in [1.29, 1.82) is 0 Å². The molecule has 1 aliphatic rings. The van der Waals surface area contributed by atoms with E-state index >= 15 is 0 Å². The zero-order valence-corrected chi connectivity index (χ0v) is 18.3. The third-order valence-corrected chi connectivity index (χ3v) is 6.16. The summed E-state index contributed by atoms with van der Waals surface area (Å²) in [7, 11) is 0. The number of benzene rings is 2. The van der Waals surface area contributed by atoms with Gasteiger partial charge in [0.15, 0.2) is 11.6 Å². The second-order valence-electron chi connectivity index (χ2n) is 8.39. The van der Waals surface area contributed by atoms with Gasteiger partial charge in [0.1, 0.15) is 0 Å². The van der Waals surface area contributed by atoms with Gasteiger partial charge in [0.2, 0.25) is 5.82 Å². The van der Waals surface area contributed by atoms with E-state index in [1.807, 2.05) is 24.3 Å². The summed E-state index contributed by atoms with van der Waals surface area (Å²) in [5, 5.41) is 0. The van der Waals surface area contributed by atoms with Crippen molar-refractivity contribution in [3.63, 3.8) is 0 Å². The molecule has 2 unspecified atom stereocenters. The van der Waals surface area contributed by atoms with Gasteiger partial charge in [0, 0.05) is 5.56 Å². The molecule has 0 N–H and O–H groups in total. The van der Waals surface area contributed by atoms with Gasteiger partial charge in [-0.25, -0.2) is 4.39 Å². The average Bonchev–Trinajstić information content (AvgIpc) is 2.77. The molecule has 0 aliphatic heterocycles. The number of hydrogen-bond donors (Lipinski definition) is 0. The highest BCUT2D eigenvalue weighted by atomic mass is 19.2. The molecule has 1 nitrogen and oxygen atoms in total. The first kappa shape index (κ1) is 22.5. The number of allylic oxidation sites excluding steroid dienone is 2. The zero-order chi connectivity index (χ0) is 21.3. The summed E-state index contributed by atoms with van der Waals surface area (Å²) in [6.45, 7) is 4.31. The van der Waals surface area contributed by atoms with E-state index in [1.165, 1.54) is 50.2 Å². The first-order chi connectivity index (χ1) is 14.6. The quantitative estimate of drug-likeness (QED) is 0.283. The van der Waals surface area contributed by atoms with Crippen LogP contribution in [-0.2, 0) is 6.42 Å². The van der Waals surface area contributed by atoms with E-state index in [-0.39, 0.29) is 11.3 Å². The Bertz CT molecular complexity index is 826. The first-order valence-corrected chi connectivity index (χ1v) is 11.5. The number of ether oxygens (including phenoxy) is 1. The molecular formula is C27H34F2O. The van der Waals surface area contributed by atoms with Gasteiger partial charge in [0.05, 0.1) is 6.61 Å². The minimum absolute atomic E-state index is 0.0384. The molecule has 1 aliphatic carbocycles. The first-order valence-electron chi connectivity index (χ1n) is 11.5. The molecule has 0 radical (unpaired) electrons. The van der Waals surface area contributed by atoms with E-state index < -0.39 is 11.6 Å². The summed E-state index contributed by atoms with van der Waals surface area (Å²) in [6.07, 6.45) is 14.9. The Kier molecular flexibility index (Phi) is 8.48. The van der Waals surface area contributed by atoms with E-state index in [4.69, 9.17) is 4.74 Å². The number of aryl methyl sites for hydroxylation is 1. The monoisotopic (exact) mass is 412 g/mol. The van der Waals surface area contributed by atoms with Crippen molar-refractivity contribution in [2.45, 2.75) is 65.2 Å². The predicted molar refractivity (Wildman–Crippen MR) is 121 cm³/mol. The maximum Gasteiger partial charge on any atom is 0.201 e. The Labute approximate surface area is 180 Å². The molecule has 0 amide bonds. The summed E-state index contributed by atoms with van der Waals surface area (Å²) in [6, 6.07) is 10.9. The van der Waals surface area contributed by atoms with Gasteiger partial charge in [-0.3, -0.25) is 0 Å². The van der Waals surface area contributed by atoms with Crippen LogP contribution >= 0.6 is 0 Å². The van der Waals surface area contributed by atoms with Gasteiger partial charge < -0.3 is 4.74 Å². The van der Waals surface area contributed by atoms with Crippen LogP contribution in [0.15, 0.2) is 48.6 Å². The third kappa shape index (κ3) is 5.93. The Balaban J connectivity index is 1.54. The highest BCUT2D eigenvalue weighted by molar-refractivity contribution is 5.65. The van der Waals surface area contributed by atoms with Gasteiger partial charge in [-0.2, -0.15) is 4.39 Å². The van der Waals surface area contributed by atoms with Crippen molar-refractivity contribution in [2.24, 2.45) is 11.8 Å². The van der Waals surface area contributed by atoms with Gasteiger partial charge >= 0.3 is 0 Å². The molecule has 0 heterocycles. The van der Waals surface area contributed by atoms with Crippen LogP contribution in [0.1, 0.15) is 64.4 Å². The van der Waals surface area contributed by atoms with E-state index in [1.54, 1.807) is 13.0 Å². The largest absolute Gasteiger partial charge is 0.491 e. The molecule has 3 heteroatoms. The molecule has 2 atom stereocenters. The van der Waals surface area contributed by atoms with Gasteiger partial charge in [-0.1, -0.05) is 62.6 Å². The highest BCUT2D eigenvalue weighted by Crippen LogP contribution is 2.31. The van der Waals surface area contributed by atoms with E-state index in [0.29, 0.717) is 18.1 Å². The lowest BCUT2D eigenvalue weighted by atomic mass is 9.83. The summed E-state index contributed by atoms with van der Waals surface area (Å²) >= 11 is 0. The Hall–Kier alpha value is -2.16. The van der Waals surface area contributed by atoms with Crippen molar-refractivity contribution >= 4 is 0 Å². The molecule has 0 saturated heterocycles. The molecule has 0 saturated carbocycles. The molecule has 0 spiro atoms. The van der Waals surface area contributed by atoms with Gasteiger partial charge in [0.25, 0.3) is 0 Å². The molecule has 0 bridgehead atoms. The normalized spacial score (nSPS) is 18.5. The third-order valence-electron chi connectivity index (χ3n) is 6.16. The van der Waals surface area contributed by atoms with Gasteiger partial charge in [-0.15, -0.1) is 0 Å². The Morgan fingerprint density at radius 2 is 1.53 bits per heavy atom. The van der Waals surface area contributed by atoms with E-state index in [0.717, 1.165) is 18.8 Å². The van der Waals surface area contributed by atoms with Crippen molar-refractivity contribution in [1.82, 2.24) is 0 Å².